The summed E-state index contributed by atoms with van der Waals surface area (Å²) in [6, 6.07) is 12.4. The molecule has 0 bridgehead atoms. The van der Waals surface area contributed by atoms with Gasteiger partial charge in [0.05, 0.1) is 5.75 Å². The minimum Gasteiger partial charge on any atom is -0.338 e. The van der Waals surface area contributed by atoms with Crippen LogP contribution in [0.1, 0.15) is 11.1 Å². The lowest BCUT2D eigenvalue weighted by molar-refractivity contribution is 0.252. The van der Waals surface area contributed by atoms with Gasteiger partial charge in [-0.05, 0) is 35.7 Å². The number of carbonyl (C=O) groups excluding carboxylic acids is 1. The van der Waals surface area contributed by atoms with E-state index in [1.54, 1.807) is 36.4 Å². The second-order valence-electron chi connectivity index (χ2n) is 5.48. The van der Waals surface area contributed by atoms with Gasteiger partial charge in [0.15, 0.2) is 9.84 Å². The van der Waals surface area contributed by atoms with Gasteiger partial charge in [0.25, 0.3) is 0 Å². The molecule has 0 fully saturated rings. The third-order valence-corrected chi connectivity index (χ3v) is 4.13. The molecule has 0 aliphatic rings. The number of carbonyl (C=O) groups is 1. The molecule has 0 radical (unpaired) electrons. The van der Waals surface area contributed by atoms with Crippen LogP contribution in [0.15, 0.2) is 48.5 Å². The summed E-state index contributed by atoms with van der Waals surface area (Å²) < 4.78 is 35.7. The summed E-state index contributed by atoms with van der Waals surface area (Å²) in [5.74, 6) is -0.439. The molecule has 0 unspecified atom stereocenters. The van der Waals surface area contributed by atoms with Crippen LogP contribution in [0.2, 0.25) is 0 Å². The van der Waals surface area contributed by atoms with Crippen LogP contribution in [-0.2, 0) is 22.0 Å². The summed E-state index contributed by atoms with van der Waals surface area (Å²) in [5.41, 5.74) is 1.91. The number of para-hydroxylation sites is 1. The average Bonchev–Trinajstić information content (AvgIpc) is 2.50. The molecule has 2 amide bonds. The number of sulfone groups is 1. The summed E-state index contributed by atoms with van der Waals surface area (Å²) in [6.45, 7) is 0.381. The molecule has 2 N–H and O–H groups in total. The SMILES string of the molecule is CS(=O)(=O)Cc1ccccc1NC(=O)NCCc1ccc(F)cc1. The maximum atomic E-state index is 12.8. The van der Waals surface area contributed by atoms with Gasteiger partial charge in [-0.3, -0.25) is 0 Å². The topological polar surface area (TPSA) is 75.3 Å². The molecule has 0 aliphatic heterocycles. The van der Waals surface area contributed by atoms with E-state index in [0.717, 1.165) is 11.8 Å². The van der Waals surface area contributed by atoms with Crippen molar-refractivity contribution in [2.24, 2.45) is 0 Å². The van der Waals surface area contributed by atoms with Crippen LogP contribution in [0, 0.1) is 5.82 Å². The predicted molar refractivity (Wildman–Crippen MR) is 92.1 cm³/mol. The van der Waals surface area contributed by atoms with Crippen molar-refractivity contribution in [3.8, 4) is 0 Å². The maximum Gasteiger partial charge on any atom is 0.319 e. The third-order valence-electron chi connectivity index (χ3n) is 3.30. The van der Waals surface area contributed by atoms with Gasteiger partial charge in [0, 0.05) is 18.5 Å². The highest BCUT2D eigenvalue weighted by Crippen LogP contribution is 2.17. The smallest absolute Gasteiger partial charge is 0.319 e. The monoisotopic (exact) mass is 350 g/mol. The number of urea groups is 1. The Bertz CT molecular complexity index is 805. The van der Waals surface area contributed by atoms with E-state index in [0.29, 0.717) is 24.2 Å². The first kappa shape index (κ1) is 17.9. The van der Waals surface area contributed by atoms with Crippen molar-refractivity contribution in [1.29, 1.82) is 0 Å². The third kappa shape index (κ3) is 6.00. The molecule has 0 saturated carbocycles. The number of hydrogen-bond acceptors (Lipinski definition) is 3. The van der Waals surface area contributed by atoms with E-state index < -0.39 is 15.9 Å². The Labute approximate surface area is 140 Å². The zero-order valence-corrected chi connectivity index (χ0v) is 14.1. The predicted octanol–water partition coefficient (Wildman–Crippen LogP) is 2.73. The summed E-state index contributed by atoms with van der Waals surface area (Å²) in [5, 5.41) is 5.35. The van der Waals surface area contributed by atoms with Crippen LogP contribution in [0.3, 0.4) is 0 Å². The van der Waals surface area contributed by atoms with Crippen molar-refractivity contribution in [2.45, 2.75) is 12.2 Å². The zero-order chi connectivity index (χ0) is 17.6. The van der Waals surface area contributed by atoms with Crippen molar-refractivity contribution in [2.75, 3.05) is 18.1 Å². The highest BCUT2D eigenvalue weighted by molar-refractivity contribution is 7.89. The number of benzene rings is 2. The largest absolute Gasteiger partial charge is 0.338 e. The van der Waals surface area contributed by atoms with Crippen LogP contribution in [-0.4, -0.2) is 27.2 Å². The van der Waals surface area contributed by atoms with Crippen molar-refractivity contribution in [1.82, 2.24) is 5.32 Å². The normalized spacial score (nSPS) is 11.1. The second kappa shape index (κ2) is 7.92. The maximum absolute atomic E-state index is 12.8. The number of rotatable bonds is 6. The highest BCUT2D eigenvalue weighted by Gasteiger charge is 2.11. The molecule has 5 nitrogen and oxygen atoms in total. The Balaban J connectivity index is 1.89. The Kier molecular flexibility index (Phi) is 5.92. The number of halogens is 1. The molecule has 24 heavy (non-hydrogen) atoms. The van der Waals surface area contributed by atoms with E-state index in [1.807, 2.05) is 0 Å². The number of nitrogens with one attached hydrogen (secondary N) is 2. The molecule has 2 rings (SSSR count). The van der Waals surface area contributed by atoms with E-state index in [2.05, 4.69) is 10.6 Å². The number of anilines is 1. The average molecular weight is 350 g/mol. The van der Waals surface area contributed by atoms with Crippen LogP contribution in [0.25, 0.3) is 0 Å². The summed E-state index contributed by atoms with van der Waals surface area (Å²) >= 11 is 0. The summed E-state index contributed by atoms with van der Waals surface area (Å²) in [4.78, 5) is 11.9. The lowest BCUT2D eigenvalue weighted by Gasteiger charge is -2.11. The first-order chi connectivity index (χ1) is 11.3. The fourth-order valence-corrected chi connectivity index (χ4v) is 3.01. The van der Waals surface area contributed by atoms with Crippen molar-refractivity contribution in [3.05, 3.63) is 65.5 Å². The lowest BCUT2D eigenvalue weighted by atomic mass is 10.1. The van der Waals surface area contributed by atoms with Crippen molar-refractivity contribution < 1.29 is 17.6 Å². The van der Waals surface area contributed by atoms with Gasteiger partial charge >= 0.3 is 6.03 Å². The number of amides is 2. The van der Waals surface area contributed by atoms with E-state index in [-0.39, 0.29) is 11.6 Å². The standard InChI is InChI=1S/C17H19FN2O3S/c1-24(22,23)12-14-4-2-3-5-16(14)20-17(21)19-11-10-13-6-8-15(18)9-7-13/h2-9H,10-12H2,1H3,(H2,19,20,21). The molecule has 2 aromatic carbocycles. The molecule has 7 heteroatoms. The molecule has 0 saturated heterocycles. The summed E-state index contributed by atoms with van der Waals surface area (Å²) in [6.07, 6.45) is 1.71. The van der Waals surface area contributed by atoms with E-state index >= 15 is 0 Å². The Morgan fingerprint density at radius 1 is 1.08 bits per heavy atom. The first-order valence-electron chi connectivity index (χ1n) is 7.38. The molecule has 2 aromatic rings. The van der Waals surface area contributed by atoms with Gasteiger partial charge in [0.2, 0.25) is 0 Å². The molecular formula is C17H19FN2O3S. The number of hydrogen-bond donors (Lipinski definition) is 2. The summed E-state index contributed by atoms with van der Waals surface area (Å²) in [7, 11) is -3.19. The van der Waals surface area contributed by atoms with Gasteiger partial charge in [-0.2, -0.15) is 0 Å². The van der Waals surface area contributed by atoms with E-state index in [4.69, 9.17) is 0 Å². The molecule has 0 atom stereocenters. The molecule has 0 aliphatic carbocycles. The minimum atomic E-state index is -3.19. The van der Waals surface area contributed by atoms with Crippen LogP contribution >= 0.6 is 0 Å². The fourth-order valence-electron chi connectivity index (χ4n) is 2.19. The molecule has 0 aromatic heterocycles. The van der Waals surface area contributed by atoms with Gasteiger partial charge in [-0.1, -0.05) is 30.3 Å². The lowest BCUT2D eigenvalue weighted by Crippen LogP contribution is -2.30. The molecule has 128 valence electrons. The second-order valence-corrected chi connectivity index (χ2v) is 7.62. The molecule has 0 spiro atoms. The highest BCUT2D eigenvalue weighted by atomic mass is 32.2. The van der Waals surface area contributed by atoms with Gasteiger partial charge in [0.1, 0.15) is 5.82 Å². The fraction of sp³-hybridized carbons (Fsp3) is 0.235. The van der Waals surface area contributed by atoms with Crippen LogP contribution in [0.5, 0.6) is 0 Å². The van der Waals surface area contributed by atoms with Crippen LogP contribution < -0.4 is 10.6 Å². The van der Waals surface area contributed by atoms with Crippen LogP contribution in [0.4, 0.5) is 14.9 Å². The first-order valence-corrected chi connectivity index (χ1v) is 9.44. The van der Waals surface area contributed by atoms with E-state index in [1.165, 1.54) is 12.1 Å². The van der Waals surface area contributed by atoms with Gasteiger partial charge in [-0.25, -0.2) is 17.6 Å². The van der Waals surface area contributed by atoms with E-state index in [9.17, 15) is 17.6 Å². The van der Waals surface area contributed by atoms with Crippen molar-refractivity contribution >= 4 is 21.6 Å². The minimum absolute atomic E-state index is 0.140. The zero-order valence-electron chi connectivity index (χ0n) is 13.3. The molecular weight excluding hydrogens is 331 g/mol. The Morgan fingerprint density at radius 2 is 1.75 bits per heavy atom. The quantitative estimate of drug-likeness (QED) is 0.841. The van der Waals surface area contributed by atoms with Gasteiger partial charge in [-0.15, -0.1) is 0 Å². The Morgan fingerprint density at radius 3 is 2.42 bits per heavy atom. The van der Waals surface area contributed by atoms with Gasteiger partial charge < -0.3 is 10.6 Å². The molecule has 0 heterocycles. The Hall–Kier alpha value is -2.41. The van der Waals surface area contributed by atoms with Crippen molar-refractivity contribution in [3.63, 3.8) is 0 Å².